The summed E-state index contributed by atoms with van der Waals surface area (Å²) in [6.07, 6.45) is 0.332. The molecule has 0 spiro atoms. The molecule has 0 saturated carbocycles. The van der Waals surface area contributed by atoms with Crippen molar-refractivity contribution in [2.45, 2.75) is 26.3 Å². The van der Waals surface area contributed by atoms with Crippen LogP contribution < -0.4 is 4.90 Å². The second-order valence-electron chi connectivity index (χ2n) is 3.93. The molecule has 7 heteroatoms. The van der Waals surface area contributed by atoms with E-state index >= 15 is 0 Å². The molecule has 0 aliphatic rings. The summed E-state index contributed by atoms with van der Waals surface area (Å²) in [5, 5.41) is 20.0. The minimum Gasteiger partial charge on any atom is -0.480 e. The molecule has 1 aromatic heterocycles. The molecule has 0 saturated heterocycles. The van der Waals surface area contributed by atoms with E-state index in [2.05, 4.69) is 4.98 Å². The lowest BCUT2D eigenvalue weighted by atomic mass is 10.2. The average molecular weight is 253 g/mol. The summed E-state index contributed by atoms with van der Waals surface area (Å²) in [5.41, 5.74) is 0.408. The Labute approximate surface area is 104 Å². The highest BCUT2D eigenvalue weighted by molar-refractivity contribution is 5.78. The van der Waals surface area contributed by atoms with Gasteiger partial charge in [0.25, 0.3) is 0 Å². The predicted octanol–water partition coefficient (Wildman–Crippen LogP) is 1.60. The molecule has 7 nitrogen and oxygen atoms in total. The van der Waals surface area contributed by atoms with Gasteiger partial charge in [-0.15, -0.1) is 0 Å². The van der Waals surface area contributed by atoms with Crippen molar-refractivity contribution in [1.29, 1.82) is 0 Å². The van der Waals surface area contributed by atoms with Crippen LogP contribution in [0.2, 0.25) is 0 Å². The second-order valence-corrected chi connectivity index (χ2v) is 3.93. The Balaban J connectivity index is 3.25. The smallest absolute Gasteiger partial charge is 0.326 e. The molecule has 0 amide bonds. The predicted molar refractivity (Wildman–Crippen MR) is 65.7 cm³/mol. The number of anilines is 1. The molecule has 0 radical (unpaired) electrons. The van der Waals surface area contributed by atoms with Gasteiger partial charge < -0.3 is 10.0 Å². The van der Waals surface area contributed by atoms with E-state index < -0.39 is 16.9 Å². The van der Waals surface area contributed by atoms with Gasteiger partial charge in [0.15, 0.2) is 0 Å². The van der Waals surface area contributed by atoms with Crippen molar-refractivity contribution in [1.82, 2.24) is 4.98 Å². The summed E-state index contributed by atoms with van der Waals surface area (Å²) >= 11 is 0. The summed E-state index contributed by atoms with van der Waals surface area (Å²) in [7, 11) is 1.50. The molecular weight excluding hydrogens is 238 g/mol. The maximum Gasteiger partial charge on any atom is 0.326 e. The zero-order chi connectivity index (χ0) is 13.9. The van der Waals surface area contributed by atoms with Gasteiger partial charge in [0, 0.05) is 18.8 Å². The van der Waals surface area contributed by atoms with Crippen LogP contribution in [0.4, 0.5) is 11.5 Å². The average Bonchev–Trinajstić information content (AvgIpc) is 2.28. The largest absolute Gasteiger partial charge is 0.480 e. The summed E-state index contributed by atoms with van der Waals surface area (Å²) in [5.74, 6) is -0.952. The molecule has 0 aliphatic carbocycles. The third-order valence-electron chi connectivity index (χ3n) is 2.66. The molecule has 1 heterocycles. The second kappa shape index (κ2) is 5.44. The van der Waals surface area contributed by atoms with E-state index in [-0.39, 0.29) is 11.5 Å². The van der Waals surface area contributed by atoms with Gasteiger partial charge in [-0.05, 0) is 19.4 Å². The Kier molecular flexibility index (Phi) is 4.19. The molecule has 0 aliphatic heterocycles. The van der Waals surface area contributed by atoms with Crippen LogP contribution in [0.15, 0.2) is 12.1 Å². The van der Waals surface area contributed by atoms with E-state index in [1.165, 1.54) is 24.1 Å². The van der Waals surface area contributed by atoms with Crippen molar-refractivity contribution in [3.05, 3.63) is 27.9 Å². The fraction of sp³-hybridized carbons (Fsp3) is 0.455. The Morgan fingerprint density at radius 2 is 2.22 bits per heavy atom. The zero-order valence-electron chi connectivity index (χ0n) is 10.5. The van der Waals surface area contributed by atoms with Gasteiger partial charge in [-0.1, -0.05) is 6.92 Å². The number of nitrogens with zero attached hydrogens (tertiary/aromatic N) is 3. The van der Waals surface area contributed by atoms with E-state index in [9.17, 15) is 14.9 Å². The van der Waals surface area contributed by atoms with Gasteiger partial charge in [0.05, 0.1) is 4.92 Å². The van der Waals surface area contributed by atoms with E-state index in [1.54, 1.807) is 13.8 Å². The van der Waals surface area contributed by atoms with Gasteiger partial charge in [0.1, 0.15) is 6.04 Å². The normalized spacial score (nSPS) is 11.9. The van der Waals surface area contributed by atoms with Crippen molar-refractivity contribution >= 4 is 17.5 Å². The van der Waals surface area contributed by atoms with Crippen LogP contribution >= 0.6 is 0 Å². The van der Waals surface area contributed by atoms with Crippen molar-refractivity contribution in [3.8, 4) is 0 Å². The summed E-state index contributed by atoms with van der Waals surface area (Å²) in [4.78, 5) is 26.8. The molecule has 1 atom stereocenters. The Hall–Kier alpha value is -2.18. The third-order valence-corrected chi connectivity index (χ3v) is 2.66. The number of carboxylic acids is 1. The van der Waals surface area contributed by atoms with Crippen molar-refractivity contribution in [2.24, 2.45) is 0 Å². The fourth-order valence-corrected chi connectivity index (χ4v) is 1.70. The van der Waals surface area contributed by atoms with Crippen LogP contribution in [0, 0.1) is 17.0 Å². The van der Waals surface area contributed by atoms with Crippen LogP contribution in [0.1, 0.15) is 19.0 Å². The first kappa shape index (κ1) is 13.9. The lowest BCUT2D eigenvalue weighted by Crippen LogP contribution is -2.38. The molecule has 0 fully saturated rings. The standard InChI is InChI=1S/C11H15N3O4/c1-4-8(11(15)16)13(3)10-9(14(17)18)6-5-7(2)12-10/h5-6,8H,4H2,1-3H3,(H,15,16). The number of rotatable bonds is 5. The monoisotopic (exact) mass is 253 g/mol. The first-order chi connectivity index (χ1) is 8.38. The molecule has 98 valence electrons. The van der Waals surface area contributed by atoms with E-state index in [4.69, 9.17) is 5.11 Å². The topological polar surface area (TPSA) is 96.6 Å². The number of carboxylic acid groups (broad SMARTS) is 1. The molecule has 1 rings (SSSR count). The molecular formula is C11H15N3O4. The summed E-state index contributed by atoms with van der Waals surface area (Å²) < 4.78 is 0. The molecule has 1 N–H and O–H groups in total. The number of aromatic nitrogens is 1. The third kappa shape index (κ3) is 2.73. The zero-order valence-corrected chi connectivity index (χ0v) is 10.5. The number of likely N-dealkylation sites (N-methyl/N-ethyl adjacent to an activating group) is 1. The number of aliphatic carboxylic acids is 1. The maximum atomic E-state index is 11.1. The first-order valence-corrected chi connectivity index (χ1v) is 5.46. The molecule has 1 aromatic rings. The van der Waals surface area contributed by atoms with Gasteiger partial charge in [-0.3, -0.25) is 10.1 Å². The van der Waals surface area contributed by atoms with Crippen LogP contribution in [-0.4, -0.2) is 34.1 Å². The lowest BCUT2D eigenvalue weighted by Gasteiger charge is -2.24. The number of aryl methyl sites for hydroxylation is 1. The first-order valence-electron chi connectivity index (χ1n) is 5.46. The molecule has 0 aromatic carbocycles. The van der Waals surface area contributed by atoms with Gasteiger partial charge in [-0.2, -0.15) is 0 Å². The quantitative estimate of drug-likeness (QED) is 0.632. The van der Waals surface area contributed by atoms with Crippen molar-refractivity contribution in [3.63, 3.8) is 0 Å². The molecule has 18 heavy (non-hydrogen) atoms. The van der Waals surface area contributed by atoms with Crippen LogP contribution in [0.3, 0.4) is 0 Å². The Bertz CT molecular complexity index is 475. The van der Waals surface area contributed by atoms with Crippen LogP contribution in [0.5, 0.6) is 0 Å². The number of hydrogen-bond acceptors (Lipinski definition) is 5. The lowest BCUT2D eigenvalue weighted by molar-refractivity contribution is -0.384. The summed E-state index contributed by atoms with van der Waals surface area (Å²) in [6, 6.07) is 2.03. The highest BCUT2D eigenvalue weighted by Gasteiger charge is 2.27. The number of hydrogen-bond donors (Lipinski definition) is 1. The van der Waals surface area contributed by atoms with Gasteiger partial charge in [-0.25, -0.2) is 9.78 Å². The Morgan fingerprint density at radius 1 is 1.61 bits per heavy atom. The number of carbonyl (C=O) groups is 1. The SMILES string of the molecule is CCC(C(=O)O)N(C)c1nc(C)ccc1[N+](=O)[O-]. The van der Waals surface area contributed by atoms with E-state index in [1.807, 2.05) is 0 Å². The van der Waals surface area contributed by atoms with Crippen molar-refractivity contribution < 1.29 is 14.8 Å². The van der Waals surface area contributed by atoms with Crippen molar-refractivity contribution in [2.75, 3.05) is 11.9 Å². The molecule has 1 unspecified atom stereocenters. The van der Waals surface area contributed by atoms with Gasteiger partial charge >= 0.3 is 11.7 Å². The highest BCUT2D eigenvalue weighted by Crippen LogP contribution is 2.27. The minimum atomic E-state index is -1.03. The van der Waals surface area contributed by atoms with E-state index in [0.717, 1.165) is 0 Å². The van der Waals surface area contributed by atoms with Crippen LogP contribution in [-0.2, 0) is 4.79 Å². The van der Waals surface area contributed by atoms with E-state index in [0.29, 0.717) is 12.1 Å². The van der Waals surface area contributed by atoms with Gasteiger partial charge in [0.2, 0.25) is 5.82 Å². The number of nitro groups is 1. The fourth-order valence-electron chi connectivity index (χ4n) is 1.70. The highest BCUT2D eigenvalue weighted by atomic mass is 16.6. The minimum absolute atomic E-state index is 0.0780. The number of pyridine rings is 1. The Morgan fingerprint density at radius 3 is 2.67 bits per heavy atom. The maximum absolute atomic E-state index is 11.1. The molecule has 0 bridgehead atoms. The van der Waals surface area contributed by atoms with Crippen LogP contribution in [0.25, 0.3) is 0 Å². The summed E-state index contributed by atoms with van der Waals surface area (Å²) in [6.45, 7) is 3.40.